The number of unbranched alkanes of at least 4 members (excludes halogenated alkanes) is 13. The zero-order valence-electron chi connectivity index (χ0n) is 34.2. The maximum atomic E-state index is 12.7. The average Bonchev–Trinajstić information content (AvgIpc) is 3.18. The smallest absolute Gasteiger partial charge is 0.306 e. The number of esters is 2. The molecule has 0 aromatic carbocycles. The lowest BCUT2D eigenvalue weighted by Gasteiger charge is -2.39. The predicted octanol–water partition coefficient (Wildman–Crippen LogP) is 8.66. The van der Waals surface area contributed by atoms with E-state index in [1.807, 2.05) is 6.08 Å². The van der Waals surface area contributed by atoms with Crippen molar-refractivity contribution in [3.8, 4) is 0 Å². The quantitative estimate of drug-likeness (QED) is 0.0284. The van der Waals surface area contributed by atoms with Gasteiger partial charge in [0.2, 0.25) is 0 Å². The van der Waals surface area contributed by atoms with E-state index in [9.17, 15) is 30.0 Å². The number of rotatable bonds is 34. The van der Waals surface area contributed by atoms with E-state index in [0.717, 1.165) is 64.2 Å². The van der Waals surface area contributed by atoms with E-state index >= 15 is 0 Å². The lowest BCUT2D eigenvalue weighted by atomic mass is 9.99. The molecule has 0 bridgehead atoms. The van der Waals surface area contributed by atoms with Gasteiger partial charge in [0.05, 0.1) is 13.2 Å². The summed E-state index contributed by atoms with van der Waals surface area (Å²) in [6, 6.07) is 0. The average molecular weight is 777 g/mol. The second-order valence-corrected chi connectivity index (χ2v) is 14.4. The van der Waals surface area contributed by atoms with Gasteiger partial charge in [-0.3, -0.25) is 9.59 Å². The van der Waals surface area contributed by atoms with Crippen LogP contribution >= 0.6 is 0 Å². The van der Waals surface area contributed by atoms with Crippen LogP contribution in [0.2, 0.25) is 0 Å². The molecule has 10 nitrogen and oxygen atoms in total. The molecule has 316 valence electrons. The summed E-state index contributed by atoms with van der Waals surface area (Å²) in [4.78, 5) is 25.2. The van der Waals surface area contributed by atoms with Gasteiger partial charge in [-0.25, -0.2) is 0 Å². The first-order valence-corrected chi connectivity index (χ1v) is 21.4. The first-order valence-electron chi connectivity index (χ1n) is 21.4. The zero-order valence-corrected chi connectivity index (χ0v) is 34.2. The fourth-order valence-electron chi connectivity index (χ4n) is 5.94. The maximum absolute atomic E-state index is 12.7. The second-order valence-electron chi connectivity index (χ2n) is 14.4. The number of ether oxygens (including phenoxy) is 4. The van der Waals surface area contributed by atoms with Gasteiger partial charge < -0.3 is 39.4 Å². The molecular formula is C45H76O10. The molecule has 1 saturated heterocycles. The minimum absolute atomic E-state index is 0.150. The van der Waals surface area contributed by atoms with Gasteiger partial charge in [0.1, 0.15) is 31.0 Å². The molecule has 10 heteroatoms. The Morgan fingerprint density at radius 1 is 0.564 bits per heavy atom. The summed E-state index contributed by atoms with van der Waals surface area (Å²) >= 11 is 0. The number of allylic oxidation sites excluding steroid dienone is 10. The SMILES string of the molecule is CCCCC/C=C/C/C=C/C/C=C/C/C=C/CCCC(=O)O[C@H](COC(=O)CCCCCCC/C=C/CCCCCC)CO[C@@H]1O[C@H](CO)[C@H](O)C(O)C1O. The summed E-state index contributed by atoms with van der Waals surface area (Å²) in [6.07, 6.45) is 35.2. The number of aliphatic hydroxyl groups is 4. The van der Waals surface area contributed by atoms with Gasteiger partial charge in [0.15, 0.2) is 12.4 Å². The van der Waals surface area contributed by atoms with Crippen molar-refractivity contribution in [2.24, 2.45) is 0 Å². The van der Waals surface area contributed by atoms with E-state index in [1.165, 1.54) is 44.9 Å². The van der Waals surface area contributed by atoms with Crippen LogP contribution in [0.3, 0.4) is 0 Å². The van der Waals surface area contributed by atoms with Crippen LogP contribution in [-0.2, 0) is 28.5 Å². The predicted molar refractivity (Wildman–Crippen MR) is 219 cm³/mol. The third kappa shape index (κ3) is 27.6. The van der Waals surface area contributed by atoms with Crippen LogP contribution in [0.15, 0.2) is 60.8 Å². The van der Waals surface area contributed by atoms with Crippen LogP contribution < -0.4 is 0 Å². The van der Waals surface area contributed by atoms with Gasteiger partial charge >= 0.3 is 11.9 Å². The molecule has 1 aliphatic rings. The van der Waals surface area contributed by atoms with Crippen LogP contribution in [0.25, 0.3) is 0 Å². The van der Waals surface area contributed by atoms with Gasteiger partial charge in [-0.15, -0.1) is 0 Å². The van der Waals surface area contributed by atoms with E-state index in [0.29, 0.717) is 19.3 Å². The molecule has 2 unspecified atom stereocenters. The van der Waals surface area contributed by atoms with Crippen molar-refractivity contribution >= 4 is 11.9 Å². The molecule has 4 N–H and O–H groups in total. The van der Waals surface area contributed by atoms with Crippen molar-refractivity contribution in [1.82, 2.24) is 0 Å². The van der Waals surface area contributed by atoms with E-state index in [-0.39, 0.29) is 26.1 Å². The lowest BCUT2D eigenvalue weighted by molar-refractivity contribution is -0.305. The van der Waals surface area contributed by atoms with Gasteiger partial charge in [-0.05, 0) is 77.0 Å². The topological polar surface area (TPSA) is 152 Å². The Morgan fingerprint density at radius 3 is 1.64 bits per heavy atom. The molecule has 1 heterocycles. The molecular weight excluding hydrogens is 700 g/mol. The molecule has 0 amide bonds. The summed E-state index contributed by atoms with van der Waals surface area (Å²) in [6.45, 7) is 3.29. The van der Waals surface area contributed by atoms with Crippen LogP contribution in [0.1, 0.15) is 155 Å². The zero-order chi connectivity index (χ0) is 40.2. The molecule has 0 spiro atoms. The number of aliphatic hydroxyl groups excluding tert-OH is 4. The second kappa shape index (κ2) is 35.8. The van der Waals surface area contributed by atoms with E-state index in [2.05, 4.69) is 68.5 Å². The largest absolute Gasteiger partial charge is 0.462 e. The highest BCUT2D eigenvalue weighted by Gasteiger charge is 2.44. The van der Waals surface area contributed by atoms with Crippen molar-refractivity contribution in [2.75, 3.05) is 19.8 Å². The maximum Gasteiger partial charge on any atom is 0.306 e. The number of hydrogen-bond acceptors (Lipinski definition) is 10. The molecule has 1 rings (SSSR count). The Labute approximate surface area is 332 Å². The normalized spacial score (nSPS) is 21.2. The van der Waals surface area contributed by atoms with Crippen LogP contribution in [0, 0.1) is 0 Å². The Kier molecular flexibility index (Phi) is 32.8. The van der Waals surface area contributed by atoms with Crippen molar-refractivity contribution in [3.63, 3.8) is 0 Å². The Bertz CT molecular complexity index is 1080. The Hall–Kier alpha value is -2.60. The third-order valence-electron chi connectivity index (χ3n) is 9.38. The first kappa shape index (κ1) is 50.4. The van der Waals surface area contributed by atoms with Crippen molar-refractivity contribution in [2.45, 2.75) is 192 Å². The Balaban J connectivity index is 2.42. The number of carbonyl (C=O) groups is 2. The number of carbonyl (C=O) groups excluding carboxylic acids is 2. The standard InChI is InChI=1S/C45H76O10/c1-3-5-7-9-11-13-15-17-18-19-20-22-24-26-28-30-32-34-41(48)54-38(37-53-45-44(51)43(50)42(49)39(35-46)55-45)36-52-40(47)33-31-29-27-25-23-21-16-14-12-10-8-6-4-2/h11,13-14,16-18,20,22,26,28,38-39,42-46,49-51H,3-10,12,15,19,21,23-25,27,29-37H2,1-2H3/b13-11+,16-14+,18-17+,22-20+,28-26+/t38-,39-,42+,43?,44?,45-/m1/s1. The van der Waals surface area contributed by atoms with E-state index < -0.39 is 55.4 Å². The van der Waals surface area contributed by atoms with Crippen molar-refractivity contribution in [3.05, 3.63) is 60.8 Å². The highest BCUT2D eigenvalue weighted by Crippen LogP contribution is 2.22. The minimum atomic E-state index is -1.61. The molecule has 55 heavy (non-hydrogen) atoms. The highest BCUT2D eigenvalue weighted by atomic mass is 16.7. The molecule has 6 atom stereocenters. The first-order chi connectivity index (χ1) is 26.8. The van der Waals surface area contributed by atoms with Crippen molar-refractivity contribution in [1.29, 1.82) is 0 Å². The van der Waals surface area contributed by atoms with Crippen LogP contribution in [0.4, 0.5) is 0 Å². The molecule has 1 fully saturated rings. The van der Waals surface area contributed by atoms with Gasteiger partial charge in [-0.2, -0.15) is 0 Å². The highest BCUT2D eigenvalue weighted by molar-refractivity contribution is 5.70. The van der Waals surface area contributed by atoms with E-state index in [1.54, 1.807) is 0 Å². The molecule has 0 saturated carbocycles. The lowest BCUT2D eigenvalue weighted by Crippen LogP contribution is -2.59. The molecule has 1 aliphatic heterocycles. The van der Waals surface area contributed by atoms with Gasteiger partial charge in [0.25, 0.3) is 0 Å². The summed E-state index contributed by atoms with van der Waals surface area (Å²) in [5.74, 6) is -0.888. The molecule has 0 aromatic rings. The fourth-order valence-corrected chi connectivity index (χ4v) is 5.94. The van der Waals surface area contributed by atoms with Crippen LogP contribution in [0.5, 0.6) is 0 Å². The molecule has 0 aliphatic carbocycles. The summed E-state index contributed by atoms with van der Waals surface area (Å²) in [7, 11) is 0. The van der Waals surface area contributed by atoms with Crippen molar-refractivity contribution < 1.29 is 49.0 Å². The van der Waals surface area contributed by atoms with Gasteiger partial charge in [0, 0.05) is 12.8 Å². The fraction of sp³-hybridized carbons (Fsp3) is 0.733. The minimum Gasteiger partial charge on any atom is -0.462 e. The number of hydrogen-bond donors (Lipinski definition) is 4. The monoisotopic (exact) mass is 777 g/mol. The summed E-state index contributed by atoms with van der Waals surface area (Å²) < 4.78 is 22.0. The Morgan fingerprint density at radius 2 is 1.04 bits per heavy atom. The van der Waals surface area contributed by atoms with Gasteiger partial charge in [-0.1, -0.05) is 126 Å². The van der Waals surface area contributed by atoms with E-state index in [4.69, 9.17) is 18.9 Å². The third-order valence-corrected chi connectivity index (χ3v) is 9.38. The molecule has 0 radical (unpaired) electrons. The molecule has 0 aromatic heterocycles. The summed E-state index contributed by atoms with van der Waals surface area (Å²) in [5, 5.41) is 40.0. The summed E-state index contributed by atoms with van der Waals surface area (Å²) in [5.41, 5.74) is 0. The van der Waals surface area contributed by atoms with Crippen LogP contribution in [-0.4, -0.2) is 89.0 Å².